The van der Waals surface area contributed by atoms with Crippen molar-refractivity contribution in [3.05, 3.63) is 12.7 Å². The Hall–Kier alpha value is -0.300. The molecule has 0 rings (SSSR count). The second-order valence-electron chi connectivity index (χ2n) is 3.98. The number of hydrogen-bond acceptors (Lipinski definition) is 1. The van der Waals surface area contributed by atoms with Gasteiger partial charge in [-0.25, -0.2) is 0 Å². The van der Waals surface area contributed by atoms with Crippen LogP contribution in [0, 0.1) is 0 Å². The van der Waals surface area contributed by atoms with Gasteiger partial charge >= 0.3 is 0 Å². The summed E-state index contributed by atoms with van der Waals surface area (Å²) in [7, 11) is 4.38. The van der Waals surface area contributed by atoms with Gasteiger partial charge in [0, 0.05) is 6.04 Å². The highest BCUT2D eigenvalue weighted by Crippen LogP contribution is 2.12. The molecule has 13 heavy (non-hydrogen) atoms. The van der Waals surface area contributed by atoms with Crippen molar-refractivity contribution in [2.75, 3.05) is 14.1 Å². The first kappa shape index (κ1) is 12.7. The highest BCUT2D eigenvalue weighted by molar-refractivity contribution is 4.69. The van der Waals surface area contributed by atoms with Crippen molar-refractivity contribution < 1.29 is 0 Å². The highest BCUT2D eigenvalue weighted by atomic mass is 15.1. The van der Waals surface area contributed by atoms with Crippen molar-refractivity contribution in [2.24, 2.45) is 0 Å². The first-order chi connectivity index (χ1) is 6.22. The SMILES string of the molecule is C=CCCCCC(CCC)N(C)C. The van der Waals surface area contributed by atoms with Crippen LogP contribution in [0.2, 0.25) is 0 Å². The normalized spacial score (nSPS) is 13.2. The lowest BCUT2D eigenvalue weighted by Gasteiger charge is -2.23. The van der Waals surface area contributed by atoms with Gasteiger partial charge in [0.15, 0.2) is 0 Å². The van der Waals surface area contributed by atoms with E-state index in [9.17, 15) is 0 Å². The van der Waals surface area contributed by atoms with Crippen molar-refractivity contribution >= 4 is 0 Å². The van der Waals surface area contributed by atoms with E-state index >= 15 is 0 Å². The van der Waals surface area contributed by atoms with Crippen molar-refractivity contribution in [1.82, 2.24) is 4.90 Å². The molecule has 78 valence electrons. The Balaban J connectivity index is 3.50. The van der Waals surface area contributed by atoms with Gasteiger partial charge in [-0.2, -0.15) is 0 Å². The Morgan fingerprint density at radius 1 is 1.23 bits per heavy atom. The second kappa shape index (κ2) is 8.31. The Kier molecular flexibility index (Phi) is 8.11. The summed E-state index contributed by atoms with van der Waals surface area (Å²) in [6.07, 6.45) is 9.81. The third-order valence-electron chi connectivity index (χ3n) is 2.55. The second-order valence-corrected chi connectivity index (χ2v) is 3.98. The van der Waals surface area contributed by atoms with Gasteiger partial charge < -0.3 is 4.90 Å². The molecule has 0 saturated heterocycles. The Bertz CT molecular complexity index is 118. The van der Waals surface area contributed by atoms with E-state index < -0.39 is 0 Å². The van der Waals surface area contributed by atoms with Gasteiger partial charge in [-0.1, -0.05) is 25.8 Å². The van der Waals surface area contributed by atoms with Crippen molar-refractivity contribution in [2.45, 2.75) is 51.5 Å². The van der Waals surface area contributed by atoms with Gasteiger partial charge in [0.25, 0.3) is 0 Å². The predicted molar refractivity (Wildman–Crippen MR) is 61.0 cm³/mol. The summed E-state index contributed by atoms with van der Waals surface area (Å²) in [5.74, 6) is 0. The fourth-order valence-corrected chi connectivity index (χ4v) is 1.66. The summed E-state index contributed by atoms with van der Waals surface area (Å²) in [5.41, 5.74) is 0. The molecule has 0 aromatic heterocycles. The highest BCUT2D eigenvalue weighted by Gasteiger charge is 2.08. The molecule has 1 heteroatoms. The third kappa shape index (κ3) is 6.83. The van der Waals surface area contributed by atoms with E-state index in [4.69, 9.17) is 0 Å². The lowest BCUT2D eigenvalue weighted by Crippen LogP contribution is -2.27. The molecule has 1 atom stereocenters. The van der Waals surface area contributed by atoms with E-state index in [1.807, 2.05) is 6.08 Å². The molecule has 0 aliphatic carbocycles. The zero-order chi connectivity index (χ0) is 10.1. The van der Waals surface area contributed by atoms with E-state index in [2.05, 4.69) is 32.5 Å². The molecule has 1 nitrogen and oxygen atoms in total. The Morgan fingerprint density at radius 3 is 2.38 bits per heavy atom. The summed E-state index contributed by atoms with van der Waals surface area (Å²) >= 11 is 0. The van der Waals surface area contributed by atoms with Crippen LogP contribution in [0.15, 0.2) is 12.7 Å². The first-order valence-corrected chi connectivity index (χ1v) is 5.49. The zero-order valence-corrected chi connectivity index (χ0v) is 9.55. The maximum atomic E-state index is 3.74. The maximum absolute atomic E-state index is 3.74. The van der Waals surface area contributed by atoms with Gasteiger partial charge in [-0.15, -0.1) is 6.58 Å². The lowest BCUT2D eigenvalue weighted by molar-refractivity contribution is 0.257. The van der Waals surface area contributed by atoms with E-state index in [0.29, 0.717) is 0 Å². The van der Waals surface area contributed by atoms with Crippen LogP contribution in [0.4, 0.5) is 0 Å². The zero-order valence-electron chi connectivity index (χ0n) is 9.55. The molecule has 0 aromatic rings. The summed E-state index contributed by atoms with van der Waals surface area (Å²) in [6, 6.07) is 0.787. The molecule has 1 unspecified atom stereocenters. The number of hydrogen-bond donors (Lipinski definition) is 0. The average Bonchev–Trinajstić information content (AvgIpc) is 2.10. The largest absolute Gasteiger partial charge is 0.306 e. The minimum Gasteiger partial charge on any atom is -0.306 e. The average molecular weight is 183 g/mol. The molecular weight excluding hydrogens is 158 g/mol. The lowest BCUT2D eigenvalue weighted by atomic mass is 10.0. The smallest absolute Gasteiger partial charge is 0.00890 e. The van der Waals surface area contributed by atoms with E-state index in [-0.39, 0.29) is 0 Å². The van der Waals surface area contributed by atoms with Crippen molar-refractivity contribution in [3.8, 4) is 0 Å². The summed E-state index contributed by atoms with van der Waals surface area (Å²) in [5, 5.41) is 0. The summed E-state index contributed by atoms with van der Waals surface area (Å²) in [4.78, 5) is 2.36. The molecule has 0 bridgehead atoms. The molecular formula is C12H25N. The van der Waals surface area contributed by atoms with Crippen LogP contribution < -0.4 is 0 Å². The number of rotatable bonds is 8. The molecule has 0 spiro atoms. The molecule has 0 N–H and O–H groups in total. The molecule has 0 aliphatic rings. The number of allylic oxidation sites excluding steroid dienone is 1. The standard InChI is InChI=1S/C12H25N/c1-5-7-8-9-11-12(10-6-2)13(3)4/h5,12H,1,6-11H2,2-4H3. The predicted octanol–water partition coefficient (Wildman–Crippen LogP) is 3.46. The van der Waals surface area contributed by atoms with E-state index in [0.717, 1.165) is 6.04 Å². The third-order valence-corrected chi connectivity index (χ3v) is 2.55. The van der Waals surface area contributed by atoms with Gasteiger partial charge in [0.1, 0.15) is 0 Å². The van der Waals surface area contributed by atoms with Crippen LogP contribution in [-0.4, -0.2) is 25.0 Å². The summed E-state index contributed by atoms with van der Waals surface area (Å²) in [6.45, 7) is 6.00. The Morgan fingerprint density at radius 2 is 1.92 bits per heavy atom. The van der Waals surface area contributed by atoms with E-state index in [1.54, 1.807) is 0 Å². The maximum Gasteiger partial charge on any atom is 0.00890 e. The van der Waals surface area contributed by atoms with Crippen LogP contribution in [0.1, 0.15) is 45.4 Å². The molecule has 0 amide bonds. The van der Waals surface area contributed by atoms with Gasteiger partial charge in [-0.3, -0.25) is 0 Å². The minimum absolute atomic E-state index is 0.787. The van der Waals surface area contributed by atoms with E-state index in [1.165, 1.54) is 38.5 Å². The van der Waals surface area contributed by atoms with Crippen LogP contribution in [0.3, 0.4) is 0 Å². The Labute approximate surface area is 83.8 Å². The fourth-order valence-electron chi connectivity index (χ4n) is 1.66. The molecule has 0 radical (unpaired) electrons. The van der Waals surface area contributed by atoms with Crippen molar-refractivity contribution in [3.63, 3.8) is 0 Å². The monoisotopic (exact) mass is 183 g/mol. The van der Waals surface area contributed by atoms with Gasteiger partial charge in [0.2, 0.25) is 0 Å². The molecule has 0 heterocycles. The fraction of sp³-hybridized carbons (Fsp3) is 0.833. The van der Waals surface area contributed by atoms with Crippen LogP contribution in [-0.2, 0) is 0 Å². The van der Waals surface area contributed by atoms with Gasteiger partial charge in [-0.05, 0) is 39.8 Å². The van der Waals surface area contributed by atoms with Crippen LogP contribution in [0.5, 0.6) is 0 Å². The molecule has 0 aromatic carbocycles. The number of nitrogens with zero attached hydrogens (tertiary/aromatic N) is 1. The minimum atomic E-state index is 0.787. The molecule has 0 fully saturated rings. The molecule has 0 saturated carbocycles. The van der Waals surface area contributed by atoms with Gasteiger partial charge in [0.05, 0.1) is 0 Å². The quantitative estimate of drug-likeness (QED) is 0.411. The summed E-state index contributed by atoms with van der Waals surface area (Å²) < 4.78 is 0. The van der Waals surface area contributed by atoms with Crippen LogP contribution >= 0.6 is 0 Å². The van der Waals surface area contributed by atoms with Crippen LogP contribution in [0.25, 0.3) is 0 Å². The topological polar surface area (TPSA) is 3.24 Å². The van der Waals surface area contributed by atoms with Crippen molar-refractivity contribution in [1.29, 1.82) is 0 Å². The molecule has 0 aliphatic heterocycles. The number of unbranched alkanes of at least 4 members (excludes halogenated alkanes) is 2. The first-order valence-electron chi connectivity index (χ1n) is 5.49.